The van der Waals surface area contributed by atoms with Gasteiger partial charge < -0.3 is 19.9 Å². The molecule has 0 saturated carbocycles. The van der Waals surface area contributed by atoms with Crippen molar-refractivity contribution in [2.24, 2.45) is 0 Å². The molecule has 0 spiro atoms. The summed E-state index contributed by atoms with van der Waals surface area (Å²) in [5.41, 5.74) is 3.99. The topological polar surface area (TPSA) is 88.1 Å². The number of rotatable bonds is 9. The van der Waals surface area contributed by atoms with Crippen molar-refractivity contribution >= 4 is 29.5 Å². The Balaban J connectivity index is 1.72. The van der Waals surface area contributed by atoms with Crippen LogP contribution in [0.5, 0.6) is 5.75 Å². The first-order valence-electron chi connectivity index (χ1n) is 11.0. The van der Waals surface area contributed by atoms with E-state index in [1.807, 2.05) is 67.6 Å². The van der Waals surface area contributed by atoms with E-state index in [1.165, 1.54) is 11.0 Å². The quantitative estimate of drug-likeness (QED) is 0.307. The van der Waals surface area contributed by atoms with Gasteiger partial charge >= 0.3 is 12.0 Å². The lowest BCUT2D eigenvalue weighted by molar-refractivity contribution is -0.136. The summed E-state index contributed by atoms with van der Waals surface area (Å²) in [5, 5.41) is 12.1. The van der Waals surface area contributed by atoms with Crippen LogP contribution < -0.4 is 15.0 Å². The van der Waals surface area contributed by atoms with Crippen molar-refractivity contribution in [2.45, 2.75) is 13.8 Å². The Hall–Kier alpha value is -4.26. The van der Waals surface area contributed by atoms with Crippen LogP contribution in [-0.2, 0) is 9.53 Å². The molecule has 0 aliphatic carbocycles. The normalized spacial score (nSPS) is 11.0. The monoisotopic (exact) mass is 460 g/mol. The smallest absolute Gasteiger partial charge is 0.371 e. The number of carbonyl (C=O) groups is 2. The van der Waals surface area contributed by atoms with Gasteiger partial charge in [-0.05, 0) is 73.0 Å². The summed E-state index contributed by atoms with van der Waals surface area (Å²) < 4.78 is 10.6. The van der Waals surface area contributed by atoms with Crippen molar-refractivity contribution < 1.29 is 24.2 Å². The number of ether oxygens (including phenoxy) is 2. The molecular weight excluding hydrogens is 432 g/mol. The Labute approximate surface area is 199 Å². The molecule has 0 fully saturated rings. The summed E-state index contributed by atoms with van der Waals surface area (Å²) in [6.45, 7) is 4.52. The third-order valence-corrected chi connectivity index (χ3v) is 5.01. The number of amides is 2. The average Bonchev–Trinajstić information content (AvgIpc) is 2.85. The van der Waals surface area contributed by atoms with Crippen LogP contribution in [0.25, 0.3) is 17.2 Å². The van der Waals surface area contributed by atoms with Crippen LogP contribution in [0.2, 0.25) is 0 Å². The lowest BCUT2D eigenvalue weighted by Gasteiger charge is -2.19. The molecule has 0 saturated heterocycles. The number of nitrogens with zero attached hydrogens (tertiary/aromatic N) is 1. The minimum absolute atomic E-state index is 0.0996. The summed E-state index contributed by atoms with van der Waals surface area (Å²) in [6, 6.07) is 22.0. The van der Waals surface area contributed by atoms with E-state index in [1.54, 1.807) is 26.1 Å². The van der Waals surface area contributed by atoms with E-state index in [0.29, 0.717) is 12.3 Å². The third-order valence-electron chi connectivity index (χ3n) is 5.01. The molecule has 3 rings (SSSR count). The molecule has 7 nitrogen and oxygen atoms in total. The zero-order valence-electron chi connectivity index (χ0n) is 19.4. The lowest BCUT2D eigenvalue weighted by Crippen LogP contribution is -2.31. The molecule has 34 heavy (non-hydrogen) atoms. The zero-order chi connectivity index (χ0) is 24.5. The van der Waals surface area contributed by atoms with E-state index in [2.05, 4.69) is 5.32 Å². The van der Waals surface area contributed by atoms with Gasteiger partial charge in [-0.25, -0.2) is 9.59 Å². The van der Waals surface area contributed by atoms with Gasteiger partial charge in [-0.1, -0.05) is 36.4 Å². The van der Waals surface area contributed by atoms with Crippen LogP contribution in [0.3, 0.4) is 0 Å². The molecule has 0 atom stereocenters. The first kappa shape index (κ1) is 24.4. The van der Waals surface area contributed by atoms with Crippen LogP contribution in [-0.4, -0.2) is 37.4 Å². The van der Waals surface area contributed by atoms with Crippen molar-refractivity contribution in [2.75, 3.05) is 30.5 Å². The van der Waals surface area contributed by atoms with E-state index in [-0.39, 0.29) is 18.4 Å². The number of benzene rings is 3. The Morgan fingerprint density at radius 3 is 2.26 bits per heavy atom. The molecule has 176 valence electrons. The van der Waals surface area contributed by atoms with E-state index >= 15 is 0 Å². The van der Waals surface area contributed by atoms with E-state index in [9.17, 15) is 14.7 Å². The first-order chi connectivity index (χ1) is 16.4. The Bertz CT molecular complexity index is 1150. The summed E-state index contributed by atoms with van der Waals surface area (Å²) in [4.78, 5) is 25.5. The largest absolute Gasteiger partial charge is 0.494 e. The number of carbonyl (C=O) groups excluding carboxylic acids is 1. The molecule has 0 radical (unpaired) electrons. The zero-order valence-corrected chi connectivity index (χ0v) is 19.4. The number of carboxylic acids is 1. The molecule has 0 heterocycles. The molecule has 3 aromatic carbocycles. The molecule has 2 amide bonds. The highest BCUT2D eigenvalue weighted by atomic mass is 16.5. The van der Waals surface area contributed by atoms with E-state index in [0.717, 1.165) is 28.1 Å². The SMILES string of the molecule is CCOC(=Cc1ccc(-c2cccc(N(C)C(=O)Nc3ccc(OCC)cc3)c2)cc1)C(=O)O. The maximum atomic E-state index is 12.7. The molecule has 3 aromatic rings. The fourth-order valence-electron chi connectivity index (χ4n) is 3.26. The van der Waals surface area contributed by atoms with Gasteiger partial charge in [0.05, 0.1) is 13.2 Å². The molecule has 0 aromatic heterocycles. The predicted molar refractivity (Wildman–Crippen MR) is 134 cm³/mol. The second-order valence-corrected chi connectivity index (χ2v) is 7.37. The summed E-state index contributed by atoms with van der Waals surface area (Å²) >= 11 is 0. The highest BCUT2D eigenvalue weighted by Gasteiger charge is 2.12. The molecule has 0 aliphatic heterocycles. The second kappa shape index (κ2) is 11.6. The van der Waals surface area contributed by atoms with Crippen molar-refractivity contribution in [3.8, 4) is 16.9 Å². The standard InChI is InChI=1S/C27H28N2O5/c1-4-33-24-15-13-22(14-16-24)28-27(32)29(3)23-8-6-7-21(18-23)20-11-9-19(10-12-20)17-25(26(30)31)34-5-2/h6-18H,4-5H2,1-3H3,(H,28,32)(H,30,31). The number of hydrogen-bond acceptors (Lipinski definition) is 4. The van der Waals surface area contributed by atoms with Gasteiger partial charge in [0.2, 0.25) is 5.76 Å². The molecular formula is C27H28N2O5. The summed E-state index contributed by atoms with van der Waals surface area (Å²) in [6.07, 6.45) is 1.49. The molecule has 7 heteroatoms. The number of anilines is 2. The summed E-state index contributed by atoms with van der Waals surface area (Å²) in [7, 11) is 1.71. The van der Waals surface area contributed by atoms with Gasteiger partial charge in [0.1, 0.15) is 5.75 Å². The molecule has 0 unspecified atom stereocenters. The Morgan fingerprint density at radius 2 is 1.65 bits per heavy atom. The highest BCUT2D eigenvalue weighted by molar-refractivity contribution is 6.01. The van der Waals surface area contributed by atoms with Crippen molar-refractivity contribution in [3.63, 3.8) is 0 Å². The Kier molecular flexibility index (Phi) is 8.29. The summed E-state index contributed by atoms with van der Waals surface area (Å²) in [5.74, 6) is -0.456. The number of urea groups is 1. The predicted octanol–water partition coefficient (Wildman–Crippen LogP) is 5.88. The molecule has 0 aliphatic rings. The van der Waals surface area contributed by atoms with Crippen LogP contribution in [0.15, 0.2) is 78.6 Å². The van der Waals surface area contributed by atoms with Gasteiger partial charge in [-0.2, -0.15) is 0 Å². The first-order valence-corrected chi connectivity index (χ1v) is 11.0. The van der Waals surface area contributed by atoms with Gasteiger partial charge in [-0.3, -0.25) is 4.90 Å². The van der Waals surface area contributed by atoms with Gasteiger partial charge in [0.15, 0.2) is 0 Å². The highest BCUT2D eigenvalue weighted by Crippen LogP contribution is 2.26. The maximum Gasteiger partial charge on any atom is 0.371 e. The van der Waals surface area contributed by atoms with Crippen LogP contribution in [0, 0.1) is 0 Å². The van der Waals surface area contributed by atoms with Crippen molar-refractivity contribution in [1.29, 1.82) is 0 Å². The minimum atomic E-state index is -1.11. The van der Waals surface area contributed by atoms with Gasteiger partial charge in [-0.15, -0.1) is 0 Å². The maximum absolute atomic E-state index is 12.7. The molecule has 2 N–H and O–H groups in total. The fourth-order valence-corrected chi connectivity index (χ4v) is 3.26. The van der Waals surface area contributed by atoms with Gasteiger partial charge in [0, 0.05) is 18.4 Å². The lowest BCUT2D eigenvalue weighted by atomic mass is 10.0. The van der Waals surface area contributed by atoms with Crippen LogP contribution >= 0.6 is 0 Å². The van der Waals surface area contributed by atoms with Crippen LogP contribution in [0.1, 0.15) is 19.4 Å². The van der Waals surface area contributed by atoms with E-state index < -0.39 is 5.97 Å². The van der Waals surface area contributed by atoms with Crippen LogP contribution in [0.4, 0.5) is 16.2 Å². The third kappa shape index (κ3) is 6.38. The van der Waals surface area contributed by atoms with Gasteiger partial charge in [0.25, 0.3) is 0 Å². The molecule has 0 bridgehead atoms. The second-order valence-electron chi connectivity index (χ2n) is 7.37. The van der Waals surface area contributed by atoms with Crippen molar-refractivity contribution in [3.05, 3.63) is 84.1 Å². The fraction of sp³-hybridized carbons (Fsp3) is 0.185. The number of nitrogens with one attached hydrogen (secondary N) is 1. The number of carboxylic acid groups (broad SMARTS) is 1. The number of hydrogen-bond donors (Lipinski definition) is 2. The number of aliphatic carboxylic acids is 1. The Morgan fingerprint density at radius 1 is 0.941 bits per heavy atom. The minimum Gasteiger partial charge on any atom is -0.494 e. The van der Waals surface area contributed by atoms with E-state index in [4.69, 9.17) is 9.47 Å². The van der Waals surface area contributed by atoms with Crippen molar-refractivity contribution in [1.82, 2.24) is 0 Å². The average molecular weight is 461 g/mol.